The Morgan fingerprint density at radius 1 is 1.00 bits per heavy atom. The van der Waals surface area contributed by atoms with Crippen LogP contribution in [0.4, 0.5) is 18.0 Å². The Labute approximate surface area is 218 Å². The number of esters is 1. The van der Waals surface area contributed by atoms with E-state index in [-0.39, 0.29) is 18.7 Å². The molecule has 1 heterocycles. The summed E-state index contributed by atoms with van der Waals surface area (Å²) in [6.45, 7) is 5.02. The molecule has 0 spiro atoms. The molecule has 1 amide bonds. The average Bonchev–Trinajstić information content (AvgIpc) is 2.83. The van der Waals surface area contributed by atoms with Crippen molar-refractivity contribution in [2.45, 2.75) is 70.1 Å². The number of ether oxygens (including phenoxy) is 3. The van der Waals surface area contributed by atoms with Crippen LogP contribution in [0.5, 0.6) is 5.75 Å². The summed E-state index contributed by atoms with van der Waals surface area (Å²) in [5.41, 5.74) is -0.871. The molecule has 0 radical (unpaired) electrons. The minimum Gasteiger partial charge on any atom is -0.486 e. The van der Waals surface area contributed by atoms with E-state index < -0.39 is 53.6 Å². The van der Waals surface area contributed by atoms with Gasteiger partial charge in [0.25, 0.3) is 0 Å². The smallest absolute Gasteiger partial charge is 0.417 e. The summed E-state index contributed by atoms with van der Waals surface area (Å²) in [6.07, 6.45) is -5.73. The molecule has 1 aliphatic heterocycles. The van der Waals surface area contributed by atoms with E-state index in [0.717, 1.165) is 17.7 Å². The van der Waals surface area contributed by atoms with Gasteiger partial charge in [0.05, 0.1) is 12.1 Å². The number of amides is 1. The van der Waals surface area contributed by atoms with Gasteiger partial charge < -0.3 is 24.2 Å². The maximum Gasteiger partial charge on any atom is 0.417 e. The first-order chi connectivity index (χ1) is 17.7. The lowest BCUT2D eigenvalue weighted by atomic mass is 9.93. The minimum atomic E-state index is -4.48. The second-order valence-corrected chi connectivity index (χ2v) is 9.97. The average molecular weight is 538 g/mol. The molecule has 1 N–H and O–H groups in total. The lowest BCUT2D eigenvalue weighted by Gasteiger charge is -2.40. The molecular formula is C27H30F3NO7. The number of benzene rings is 2. The zero-order chi connectivity index (χ0) is 28.1. The summed E-state index contributed by atoms with van der Waals surface area (Å²) in [6, 6.07) is 12.9. The van der Waals surface area contributed by atoms with Crippen molar-refractivity contribution in [3.05, 3.63) is 65.7 Å². The van der Waals surface area contributed by atoms with Gasteiger partial charge in [-0.1, -0.05) is 30.3 Å². The van der Waals surface area contributed by atoms with E-state index in [1.807, 2.05) is 18.2 Å². The highest BCUT2D eigenvalue weighted by molar-refractivity contribution is 6.28. The summed E-state index contributed by atoms with van der Waals surface area (Å²) >= 11 is 0. The number of piperidine rings is 1. The number of hydrogen-bond donors (Lipinski definition) is 1. The Morgan fingerprint density at radius 2 is 1.63 bits per heavy atom. The third-order valence-electron chi connectivity index (χ3n) is 5.86. The lowest BCUT2D eigenvalue weighted by Crippen LogP contribution is -2.52. The van der Waals surface area contributed by atoms with Crippen LogP contribution < -0.4 is 4.74 Å². The molecule has 1 aliphatic rings. The highest BCUT2D eigenvalue weighted by atomic mass is 19.4. The summed E-state index contributed by atoms with van der Waals surface area (Å²) in [7, 11) is 0. The molecule has 0 bridgehead atoms. The third kappa shape index (κ3) is 8.12. The first kappa shape index (κ1) is 28.8. The molecule has 2 aromatic carbocycles. The van der Waals surface area contributed by atoms with E-state index >= 15 is 0 Å². The highest BCUT2D eigenvalue weighted by Gasteiger charge is 2.38. The van der Waals surface area contributed by atoms with Crippen LogP contribution in [0.25, 0.3) is 0 Å². The normalized spacial score (nSPS) is 18.8. The number of rotatable bonds is 6. The predicted molar refractivity (Wildman–Crippen MR) is 129 cm³/mol. The zero-order valence-electron chi connectivity index (χ0n) is 21.2. The fourth-order valence-electron chi connectivity index (χ4n) is 4.13. The van der Waals surface area contributed by atoms with Crippen molar-refractivity contribution >= 4 is 18.0 Å². The predicted octanol–water partition coefficient (Wildman–Crippen LogP) is 5.61. The van der Waals surface area contributed by atoms with Crippen molar-refractivity contribution in [2.24, 2.45) is 0 Å². The van der Waals surface area contributed by atoms with Crippen LogP contribution in [0.15, 0.2) is 54.6 Å². The highest BCUT2D eigenvalue weighted by Crippen LogP contribution is 2.34. The van der Waals surface area contributed by atoms with E-state index in [1.54, 1.807) is 32.9 Å². The monoisotopic (exact) mass is 537 g/mol. The van der Waals surface area contributed by atoms with Gasteiger partial charge in [0.2, 0.25) is 0 Å². The molecule has 38 heavy (non-hydrogen) atoms. The topological polar surface area (TPSA) is 102 Å². The number of carbonyl (C=O) groups excluding carboxylic acids is 2. The van der Waals surface area contributed by atoms with E-state index in [4.69, 9.17) is 19.3 Å². The fourth-order valence-corrected chi connectivity index (χ4v) is 4.13. The number of likely N-dealkylation sites (tertiary alicyclic amines) is 1. The largest absolute Gasteiger partial charge is 0.486 e. The van der Waals surface area contributed by atoms with Crippen LogP contribution in [-0.2, 0) is 25.2 Å². The number of hydrogen-bond acceptors (Lipinski definition) is 6. The van der Waals surface area contributed by atoms with Gasteiger partial charge in [-0.25, -0.2) is 14.4 Å². The minimum absolute atomic E-state index is 0.0829. The second-order valence-electron chi connectivity index (χ2n) is 9.97. The van der Waals surface area contributed by atoms with Crippen LogP contribution in [0.1, 0.15) is 57.3 Å². The maximum atomic E-state index is 13.1. The van der Waals surface area contributed by atoms with Crippen LogP contribution in [0.3, 0.4) is 0 Å². The molecule has 3 rings (SSSR count). The van der Waals surface area contributed by atoms with Crippen molar-refractivity contribution in [1.82, 2.24) is 4.90 Å². The summed E-state index contributed by atoms with van der Waals surface area (Å²) in [5.74, 6) is -2.92. The number of nitrogens with zero attached hydrogens (tertiary/aromatic N) is 1. The Kier molecular flexibility index (Phi) is 8.90. The van der Waals surface area contributed by atoms with Gasteiger partial charge in [0, 0.05) is 12.5 Å². The molecule has 1 fully saturated rings. The van der Waals surface area contributed by atoms with E-state index in [1.165, 1.54) is 17.0 Å². The Balaban J connectivity index is 1.85. The van der Waals surface area contributed by atoms with Gasteiger partial charge in [-0.15, -0.1) is 0 Å². The first-order valence-electron chi connectivity index (χ1n) is 12.1. The first-order valence-corrected chi connectivity index (χ1v) is 12.1. The summed E-state index contributed by atoms with van der Waals surface area (Å²) in [5, 5.41) is 8.88. The van der Waals surface area contributed by atoms with Crippen LogP contribution >= 0.6 is 0 Å². The number of alkyl halides is 3. The van der Waals surface area contributed by atoms with Crippen LogP contribution in [0.2, 0.25) is 0 Å². The fraction of sp³-hybridized carbons (Fsp3) is 0.444. The van der Waals surface area contributed by atoms with Gasteiger partial charge in [-0.3, -0.25) is 0 Å². The molecule has 1 saturated heterocycles. The van der Waals surface area contributed by atoms with Gasteiger partial charge >= 0.3 is 24.2 Å². The molecule has 8 nitrogen and oxygen atoms in total. The van der Waals surface area contributed by atoms with Crippen molar-refractivity contribution < 1.29 is 46.9 Å². The number of halogens is 3. The summed E-state index contributed by atoms with van der Waals surface area (Å²) in [4.78, 5) is 37.0. The SMILES string of the molecule is CC(C)(C)OC(=O)N1CC(OC(=O)C(=O)O)CCC1CC(Oc1ccc(C(F)(F)F)cc1)c1ccccc1. The molecule has 3 atom stereocenters. The molecule has 206 valence electrons. The number of carboxylic acids is 1. The molecule has 2 aromatic rings. The van der Waals surface area contributed by atoms with Gasteiger partial charge in [0.15, 0.2) is 0 Å². The summed E-state index contributed by atoms with van der Waals surface area (Å²) < 4.78 is 55.7. The Bertz CT molecular complexity index is 1110. The zero-order valence-corrected chi connectivity index (χ0v) is 21.2. The van der Waals surface area contributed by atoms with E-state index in [9.17, 15) is 27.6 Å². The molecular weight excluding hydrogens is 507 g/mol. The Morgan fingerprint density at radius 3 is 2.18 bits per heavy atom. The van der Waals surface area contributed by atoms with E-state index in [0.29, 0.717) is 12.8 Å². The van der Waals surface area contributed by atoms with Gasteiger partial charge in [0.1, 0.15) is 23.6 Å². The number of carboxylic acid groups (broad SMARTS) is 1. The van der Waals surface area contributed by atoms with Gasteiger partial charge in [-0.2, -0.15) is 13.2 Å². The molecule has 11 heteroatoms. The Hall–Kier alpha value is -3.76. The maximum absolute atomic E-state index is 13.1. The van der Waals surface area contributed by atoms with Crippen molar-refractivity contribution in [1.29, 1.82) is 0 Å². The number of carbonyl (C=O) groups is 3. The molecule has 0 aliphatic carbocycles. The molecule has 0 saturated carbocycles. The second kappa shape index (κ2) is 11.7. The quantitative estimate of drug-likeness (QED) is 0.377. The van der Waals surface area contributed by atoms with Crippen LogP contribution in [-0.4, -0.2) is 52.3 Å². The van der Waals surface area contributed by atoms with Crippen molar-refractivity contribution in [3.8, 4) is 5.75 Å². The van der Waals surface area contributed by atoms with Crippen molar-refractivity contribution in [2.75, 3.05) is 6.54 Å². The van der Waals surface area contributed by atoms with Crippen LogP contribution in [0, 0.1) is 0 Å². The van der Waals surface area contributed by atoms with E-state index in [2.05, 4.69) is 0 Å². The number of aliphatic carboxylic acids is 1. The molecule has 3 unspecified atom stereocenters. The van der Waals surface area contributed by atoms with Crippen molar-refractivity contribution in [3.63, 3.8) is 0 Å². The molecule has 0 aromatic heterocycles. The third-order valence-corrected chi connectivity index (χ3v) is 5.86. The lowest BCUT2D eigenvalue weighted by molar-refractivity contribution is -0.169. The van der Waals surface area contributed by atoms with Gasteiger partial charge in [-0.05, 0) is 63.4 Å². The standard InChI is InChI=1S/C27H30F3NO7/c1-26(2,3)38-25(35)31-16-21(37-24(34)23(32)33)14-11-19(31)15-22(17-7-5-4-6-8-17)36-20-12-9-18(10-13-20)27(28,29)30/h4-10,12-13,19,21-22H,11,14-16H2,1-3H3,(H,32,33).